The van der Waals surface area contributed by atoms with Gasteiger partial charge in [-0.05, 0) is 24.3 Å². The van der Waals surface area contributed by atoms with E-state index in [1.165, 1.54) is 12.5 Å². The summed E-state index contributed by atoms with van der Waals surface area (Å²) in [7, 11) is 0. The maximum atomic E-state index is 11.6. The van der Waals surface area contributed by atoms with Crippen LogP contribution in [0.4, 0.5) is 17.2 Å². The smallest absolute Gasteiger partial charge is 0.373 e. The molecule has 2 aromatic heterocycles. The minimum Gasteiger partial charge on any atom is -0.486 e. The fourth-order valence-electron chi connectivity index (χ4n) is 2.47. The normalized spacial score (nSPS) is 12.3. The summed E-state index contributed by atoms with van der Waals surface area (Å²) in [5, 5.41) is 14.5. The number of hydrogen-bond donors (Lipinski definition) is 1. The molecule has 1 aliphatic heterocycles. The Morgan fingerprint density at radius 1 is 1.15 bits per heavy atom. The second-order valence-electron chi connectivity index (χ2n) is 5.41. The van der Waals surface area contributed by atoms with Crippen LogP contribution >= 0.6 is 0 Å². The number of nitrogens with zero attached hydrogens (tertiary/aromatic N) is 4. The molecule has 10 nitrogen and oxygen atoms in total. The van der Waals surface area contributed by atoms with Crippen LogP contribution in [0.15, 0.2) is 49.1 Å². The van der Waals surface area contributed by atoms with Gasteiger partial charge in [0.05, 0.1) is 11.1 Å². The highest BCUT2D eigenvalue weighted by Gasteiger charge is 2.25. The molecule has 27 heavy (non-hydrogen) atoms. The summed E-state index contributed by atoms with van der Waals surface area (Å²) >= 11 is 0. The van der Waals surface area contributed by atoms with Crippen LogP contribution < -0.4 is 19.5 Å². The largest absolute Gasteiger partial charge is 0.486 e. The van der Waals surface area contributed by atoms with Gasteiger partial charge in [-0.15, -0.1) is 0 Å². The second-order valence-corrected chi connectivity index (χ2v) is 5.41. The van der Waals surface area contributed by atoms with E-state index in [0.717, 1.165) is 0 Å². The predicted octanol–water partition coefficient (Wildman–Crippen LogP) is 3.09. The number of pyridine rings is 1. The highest BCUT2D eigenvalue weighted by molar-refractivity contribution is 5.70. The Morgan fingerprint density at radius 3 is 2.78 bits per heavy atom. The van der Waals surface area contributed by atoms with Crippen molar-refractivity contribution in [1.29, 1.82) is 0 Å². The molecular weight excluding hydrogens is 354 g/mol. The zero-order chi connectivity index (χ0) is 18.6. The fraction of sp³-hybridized carbons (Fsp3) is 0.118. The molecule has 0 unspecified atom stereocenters. The molecule has 0 bridgehead atoms. The van der Waals surface area contributed by atoms with Gasteiger partial charge in [-0.25, -0.2) is 4.98 Å². The van der Waals surface area contributed by atoms with Gasteiger partial charge >= 0.3 is 11.6 Å². The first kappa shape index (κ1) is 16.5. The number of rotatable bonds is 5. The van der Waals surface area contributed by atoms with Crippen LogP contribution in [0.5, 0.6) is 23.1 Å². The lowest BCUT2D eigenvalue weighted by molar-refractivity contribution is -0.385. The first-order chi connectivity index (χ1) is 13.2. The number of aromatic nitrogens is 3. The number of hydrogen-bond acceptors (Lipinski definition) is 9. The van der Waals surface area contributed by atoms with Gasteiger partial charge in [0, 0.05) is 18.0 Å². The molecule has 3 heterocycles. The average Bonchev–Trinajstić information content (AvgIpc) is 2.68. The fourth-order valence-corrected chi connectivity index (χ4v) is 2.47. The van der Waals surface area contributed by atoms with Crippen molar-refractivity contribution in [2.45, 2.75) is 0 Å². The summed E-state index contributed by atoms with van der Waals surface area (Å²) in [6.07, 6.45) is 4.18. The quantitative estimate of drug-likeness (QED) is 0.535. The molecule has 1 aromatic carbocycles. The molecule has 1 aliphatic rings. The van der Waals surface area contributed by atoms with Crippen LogP contribution in [-0.2, 0) is 0 Å². The Kier molecular flexibility index (Phi) is 4.35. The van der Waals surface area contributed by atoms with E-state index in [9.17, 15) is 10.1 Å². The number of benzene rings is 1. The molecule has 0 atom stereocenters. The highest BCUT2D eigenvalue weighted by Crippen LogP contribution is 2.37. The molecule has 0 saturated carbocycles. The summed E-state index contributed by atoms with van der Waals surface area (Å²) in [5.74, 6) is 1.29. The predicted molar refractivity (Wildman–Crippen MR) is 93.7 cm³/mol. The molecule has 4 rings (SSSR count). The zero-order valence-electron chi connectivity index (χ0n) is 13.9. The van der Waals surface area contributed by atoms with E-state index in [2.05, 4.69) is 20.3 Å². The molecule has 0 spiro atoms. The summed E-state index contributed by atoms with van der Waals surface area (Å²) in [6, 6.07) is 8.38. The first-order valence-corrected chi connectivity index (χ1v) is 7.94. The minimum atomic E-state index is -0.605. The number of anilines is 2. The molecule has 0 fully saturated rings. The van der Waals surface area contributed by atoms with E-state index in [-0.39, 0.29) is 11.7 Å². The van der Waals surface area contributed by atoms with E-state index in [1.54, 1.807) is 36.5 Å². The van der Waals surface area contributed by atoms with Gasteiger partial charge in [-0.2, -0.15) is 4.98 Å². The van der Waals surface area contributed by atoms with Crippen molar-refractivity contribution in [1.82, 2.24) is 15.0 Å². The zero-order valence-corrected chi connectivity index (χ0v) is 13.9. The van der Waals surface area contributed by atoms with E-state index in [0.29, 0.717) is 36.1 Å². The Bertz CT molecular complexity index is 983. The van der Waals surface area contributed by atoms with Gasteiger partial charge in [-0.1, -0.05) is 0 Å². The Balaban J connectivity index is 1.66. The summed E-state index contributed by atoms with van der Waals surface area (Å²) in [6.45, 7) is 0.916. The van der Waals surface area contributed by atoms with Crippen molar-refractivity contribution in [3.8, 4) is 23.1 Å². The van der Waals surface area contributed by atoms with E-state index >= 15 is 0 Å². The number of fused-ring (bicyclic) bond motifs is 1. The molecule has 3 aromatic rings. The van der Waals surface area contributed by atoms with Gasteiger partial charge in [0.15, 0.2) is 11.5 Å². The van der Waals surface area contributed by atoms with Crippen molar-refractivity contribution < 1.29 is 19.1 Å². The Morgan fingerprint density at radius 2 is 2.00 bits per heavy atom. The molecule has 10 heteroatoms. The van der Waals surface area contributed by atoms with Gasteiger partial charge in [0.25, 0.3) is 0 Å². The summed E-state index contributed by atoms with van der Waals surface area (Å²) < 4.78 is 16.5. The SMILES string of the molecule is O=[N+]([O-])c1c(Nc2ccc3c(c2)OCCO3)ncnc1Oc1cccnc1. The van der Waals surface area contributed by atoms with Crippen molar-refractivity contribution in [3.05, 3.63) is 59.2 Å². The maximum absolute atomic E-state index is 11.6. The van der Waals surface area contributed by atoms with Crippen molar-refractivity contribution in [2.75, 3.05) is 18.5 Å². The average molecular weight is 367 g/mol. The molecule has 0 aliphatic carbocycles. The van der Waals surface area contributed by atoms with Gasteiger partial charge in [0.2, 0.25) is 5.82 Å². The van der Waals surface area contributed by atoms with Gasteiger partial charge in [0.1, 0.15) is 25.3 Å². The lowest BCUT2D eigenvalue weighted by Crippen LogP contribution is -2.15. The van der Waals surface area contributed by atoms with Gasteiger partial charge in [-0.3, -0.25) is 15.1 Å². The standard InChI is InChI=1S/C17H13N5O5/c23-22(24)15-16(19-10-20-17(15)27-12-2-1-5-18-9-12)21-11-3-4-13-14(8-11)26-7-6-25-13/h1-5,8-10H,6-7H2,(H,19,20,21). The van der Waals surface area contributed by atoms with E-state index < -0.39 is 10.6 Å². The third-order valence-electron chi connectivity index (χ3n) is 3.63. The Hall–Kier alpha value is -3.95. The van der Waals surface area contributed by atoms with Crippen molar-refractivity contribution in [2.24, 2.45) is 0 Å². The summed E-state index contributed by atoms with van der Waals surface area (Å²) in [4.78, 5) is 22.8. The molecule has 0 radical (unpaired) electrons. The van der Waals surface area contributed by atoms with E-state index in [1.807, 2.05) is 0 Å². The summed E-state index contributed by atoms with van der Waals surface area (Å²) in [5.41, 5.74) is 0.157. The van der Waals surface area contributed by atoms with Crippen LogP contribution in [0, 0.1) is 10.1 Å². The lowest BCUT2D eigenvalue weighted by atomic mass is 10.2. The molecule has 136 valence electrons. The van der Waals surface area contributed by atoms with Crippen molar-refractivity contribution in [3.63, 3.8) is 0 Å². The monoisotopic (exact) mass is 367 g/mol. The molecular formula is C17H13N5O5. The molecule has 0 saturated heterocycles. The topological polar surface area (TPSA) is 122 Å². The first-order valence-electron chi connectivity index (χ1n) is 7.94. The van der Waals surface area contributed by atoms with Crippen LogP contribution in [0.1, 0.15) is 0 Å². The van der Waals surface area contributed by atoms with Crippen LogP contribution in [0.2, 0.25) is 0 Å². The van der Waals surface area contributed by atoms with Gasteiger partial charge < -0.3 is 19.5 Å². The van der Waals surface area contributed by atoms with Crippen LogP contribution in [0.3, 0.4) is 0 Å². The number of nitrogens with one attached hydrogen (secondary N) is 1. The Labute approximate surface area is 152 Å². The van der Waals surface area contributed by atoms with Crippen LogP contribution in [0.25, 0.3) is 0 Å². The van der Waals surface area contributed by atoms with Crippen LogP contribution in [-0.4, -0.2) is 33.1 Å². The minimum absolute atomic E-state index is 0.00873. The molecule has 1 N–H and O–H groups in total. The van der Waals surface area contributed by atoms with Crippen molar-refractivity contribution >= 4 is 17.2 Å². The number of ether oxygens (including phenoxy) is 3. The lowest BCUT2D eigenvalue weighted by Gasteiger charge is -2.19. The van der Waals surface area contributed by atoms with E-state index in [4.69, 9.17) is 14.2 Å². The third-order valence-corrected chi connectivity index (χ3v) is 3.63. The highest BCUT2D eigenvalue weighted by atomic mass is 16.6. The number of nitro groups is 1. The maximum Gasteiger partial charge on any atom is 0.373 e. The third kappa shape index (κ3) is 3.54. The molecule has 0 amide bonds. The second kappa shape index (κ2) is 7.12.